The molecule has 3 rings (SSSR count). The number of nitrogens with zero attached hydrogens (tertiary/aromatic N) is 3. The molecule has 0 spiro atoms. The van der Waals surface area contributed by atoms with Crippen molar-refractivity contribution in [1.29, 1.82) is 0 Å². The zero-order valence-corrected chi connectivity index (χ0v) is 15.1. The molecule has 1 aliphatic rings. The molecule has 1 aromatic carbocycles. The molecule has 140 valence electrons. The molecule has 1 aliphatic heterocycles. The summed E-state index contributed by atoms with van der Waals surface area (Å²) in [4.78, 5) is 17.0. The van der Waals surface area contributed by atoms with Gasteiger partial charge in [-0.25, -0.2) is 8.78 Å². The van der Waals surface area contributed by atoms with Crippen LogP contribution in [-0.2, 0) is 7.05 Å². The first kappa shape index (κ1) is 18.5. The maximum Gasteiger partial charge on any atom is 0.254 e. The van der Waals surface area contributed by atoms with Gasteiger partial charge in [-0.15, -0.1) is 0 Å². The highest BCUT2D eigenvalue weighted by Crippen LogP contribution is 2.22. The zero-order valence-electron chi connectivity index (χ0n) is 15.1. The van der Waals surface area contributed by atoms with E-state index in [4.69, 9.17) is 0 Å². The van der Waals surface area contributed by atoms with Crippen molar-refractivity contribution in [3.63, 3.8) is 0 Å². The molecule has 1 amide bonds. The lowest BCUT2D eigenvalue weighted by atomic mass is 10.1. The van der Waals surface area contributed by atoms with Crippen molar-refractivity contribution < 1.29 is 13.6 Å². The fourth-order valence-corrected chi connectivity index (χ4v) is 3.33. The van der Waals surface area contributed by atoms with E-state index in [0.29, 0.717) is 6.54 Å². The van der Waals surface area contributed by atoms with Gasteiger partial charge in [0.05, 0.1) is 11.6 Å². The Labute approximate surface area is 152 Å². The third-order valence-corrected chi connectivity index (χ3v) is 4.94. The van der Waals surface area contributed by atoms with Crippen LogP contribution < -0.4 is 5.32 Å². The van der Waals surface area contributed by atoms with E-state index >= 15 is 0 Å². The number of carbonyl (C=O) groups is 1. The molecule has 1 atom stereocenters. The molecule has 7 heteroatoms. The van der Waals surface area contributed by atoms with Crippen molar-refractivity contribution in [1.82, 2.24) is 19.7 Å². The van der Waals surface area contributed by atoms with Crippen molar-refractivity contribution in [2.75, 3.05) is 39.8 Å². The molecule has 1 fully saturated rings. The van der Waals surface area contributed by atoms with Crippen LogP contribution in [0.2, 0.25) is 0 Å². The van der Waals surface area contributed by atoms with Crippen LogP contribution >= 0.6 is 0 Å². The Morgan fingerprint density at radius 2 is 1.88 bits per heavy atom. The molecule has 26 heavy (non-hydrogen) atoms. The molecule has 2 heterocycles. The van der Waals surface area contributed by atoms with Crippen LogP contribution in [0.4, 0.5) is 8.78 Å². The first-order valence-corrected chi connectivity index (χ1v) is 8.73. The number of halogens is 2. The number of carbonyl (C=O) groups excluding carboxylic acids is 1. The van der Waals surface area contributed by atoms with E-state index in [1.54, 1.807) is 0 Å². The van der Waals surface area contributed by atoms with Crippen LogP contribution in [0.1, 0.15) is 22.1 Å². The Morgan fingerprint density at radius 1 is 1.15 bits per heavy atom. The predicted octanol–water partition coefficient (Wildman–Crippen LogP) is 2.02. The maximum atomic E-state index is 13.8. The van der Waals surface area contributed by atoms with Gasteiger partial charge in [0, 0.05) is 57.7 Å². The standard InChI is InChI=1S/C19H24F2N4O/c1-23-8-10-25(11-9-23)18(17-4-3-7-24(17)2)13-22-19(26)15-6-5-14(20)12-16(15)21/h3-7,12,18H,8-11,13H2,1-2H3,(H,22,26). The highest BCUT2D eigenvalue weighted by Gasteiger charge is 2.26. The van der Waals surface area contributed by atoms with E-state index in [2.05, 4.69) is 22.2 Å². The second kappa shape index (κ2) is 7.97. The molecule has 5 nitrogen and oxygen atoms in total. The molecular weight excluding hydrogens is 338 g/mol. The number of aromatic nitrogens is 1. The van der Waals surface area contributed by atoms with Gasteiger partial charge in [0.1, 0.15) is 11.6 Å². The average molecular weight is 362 g/mol. The van der Waals surface area contributed by atoms with Crippen molar-refractivity contribution >= 4 is 5.91 Å². The molecule has 0 saturated carbocycles. The Morgan fingerprint density at radius 3 is 2.50 bits per heavy atom. The summed E-state index contributed by atoms with van der Waals surface area (Å²) in [6.07, 6.45) is 1.97. The summed E-state index contributed by atoms with van der Waals surface area (Å²) in [5.41, 5.74) is 0.949. The number of rotatable bonds is 5. The predicted molar refractivity (Wildman–Crippen MR) is 95.9 cm³/mol. The van der Waals surface area contributed by atoms with Crippen molar-refractivity contribution in [2.45, 2.75) is 6.04 Å². The highest BCUT2D eigenvalue weighted by atomic mass is 19.1. The van der Waals surface area contributed by atoms with Gasteiger partial charge in [-0.05, 0) is 31.3 Å². The van der Waals surface area contributed by atoms with Gasteiger partial charge in [0.2, 0.25) is 0 Å². The summed E-state index contributed by atoms with van der Waals surface area (Å²) in [5, 5.41) is 2.81. The maximum absolute atomic E-state index is 13.8. The van der Waals surface area contributed by atoms with E-state index in [0.717, 1.165) is 44.0 Å². The quantitative estimate of drug-likeness (QED) is 0.885. The second-order valence-corrected chi connectivity index (χ2v) is 6.73. The summed E-state index contributed by atoms with van der Waals surface area (Å²) in [7, 11) is 4.06. The van der Waals surface area contributed by atoms with Crippen LogP contribution in [0.3, 0.4) is 0 Å². The second-order valence-electron chi connectivity index (χ2n) is 6.73. The lowest BCUT2D eigenvalue weighted by Crippen LogP contribution is -2.49. The number of amides is 1. The molecule has 1 N–H and O–H groups in total. The third-order valence-electron chi connectivity index (χ3n) is 4.94. The van der Waals surface area contributed by atoms with Gasteiger partial charge in [-0.2, -0.15) is 0 Å². The summed E-state index contributed by atoms with van der Waals surface area (Å²) in [5.74, 6) is -2.08. The van der Waals surface area contributed by atoms with Crippen LogP contribution in [0, 0.1) is 11.6 Å². The van der Waals surface area contributed by atoms with Crippen LogP contribution in [-0.4, -0.2) is 60.0 Å². The van der Waals surface area contributed by atoms with Crippen LogP contribution in [0.5, 0.6) is 0 Å². The lowest BCUT2D eigenvalue weighted by Gasteiger charge is -2.38. The lowest BCUT2D eigenvalue weighted by molar-refractivity contribution is 0.0874. The number of hydrogen-bond donors (Lipinski definition) is 1. The van der Waals surface area contributed by atoms with Gasteiger partial charge in [0.25, 0.3) is 5.91 Å². The summed E-state index contributed by atoms with van der Waals surface area (Å²) in [6.45, 7) is 4.07. The normalized spacial score (nSPS) is 17.2. The summed E-state index contributed by atoms with van der Waals surface area (Å²) >= 11 is 0. The number of aryl methyl sites for hydroxylation is 1. The number of benzene rings is 1. The van der Waals surface area contributed by atoms with Gasteiger partial charge in [0.15, 0.2) is 0 Å². The molecule has 0 radical (unpaired) electrons. The third kappa shape index (κ3) is 4.11. The largest absolute Gasteiger partial charge is 0.353 e. The fraction of sp³-hybridized carbons (Fsp3) is 0.421. The highest BCUT2D eigenvalue weighted by molar-refractivity contribution is 5.94. The van der Waals surface area contributed by atoms with Crippen molar-refractivity contribution in [2.24, 2.45) is 7.05 Å². The zero-order chi connectivity index (χ0) is 18.7. The van der Waals surface area contributed by atoms with E-state index in [1.807, 2.05) is 29.9 Å². The number of hydrogen-bond acceptors (Lipinski definition) is 3. The van der Waals surface area contributed by atoms with E-state index in [-0.39, 0.29) is 11.6 Å². The fourth-order valence-electron chi connectivity index (χ4n) is 3.33. The first-order valence-electron chi connectivity index (χ1n) is 8.73. The van der Waals surface area contributed by atoms with Gasteiger partial charge < -0.3 is 14.8 Å². The van der Waals surface area contributed by atoms with Gasteiger partial charge in [-0.3, -0.25) is 9.69 Å². The molecule has 0 bridgehead atoms. The monoisotopic (exact) mass is 362 g/mol. The molecular formula is C19H24F2N4O. The summed E-state index contributed by atoms with van der Waals surface area (Å²) < 4.78 is 28.9. The number of nitrogens with one attached hydrogen (secondary N) is 1. The van der Waals surface area contributed by atoms with E-state index in [1.165, 1.54) is 6.07 Å². The molecule has 2 aromatic rings. The number of piperazine rings is 1. The molecule has 1 aromatic heterocycles. The summed E-state index contributed by atoms with van der Waals surface area (Å²) in [6, 6.07) is 6.99. The van der Waals surface area contributed by atoms with E-state index < -0.39 is 17.5 Å². The average Bonchev–Trinajstić information content (AvgIpc) is 3.02. The first-order chi connectivity index (χ1) is 12.5. The molecule has 1 unspecified atom stereocenters. The Hall–Kier alpha value is -2.25. The van der Waals surface area contributed by atoms with Crippen LogP contribution in [0.15, 0.2) is 36.5 Å². The van der Waals surface area contributed by atoms with Crippen molar-refractivity contribution in [3.05, 3.63) is 59.4 Å². The van der Waals surface area contributed by atoms with Gasteiger partial charge in [-0.1, -0.05) is 0 Å². The Kier molecular flexibility index (Phi) is 5.68. The van der Waals surface area contributed by atoms with Gasteiger partial charge >= 0.3 is 0 Å². The smallest absolute Gasteiger partial charge is 0.254 e. The minimum absolute atomic E-state index is 0.00356. The molecule has 0 aliphatic carbocycles. The van der Waals surface area contributed by atoms with Crippen LogP contribution in [0.25, 0.3) is 0 Å². The Bertz CT molecular complexity index is 769. The minimum atomic E-state index is -0.850. The molecule has 1 saturated heterocycles. The minimum Gasteiger partial charge on any atom is -0.353 e. The number of likely N-dealkylation sites (N-methyl/N-ethyl adjacent to an activating group) is 1. The topological polar surface area (TPSA) is 40.5 Å². The SMILES string of the molecule is CN1CCN(C(CNC(=O)c2ccc(F)cc2F)c2cccn2C)CC1. The van der Waals surface area contributed by atoms with Crippen molar-refractivity contribution in [3.8, 4) is 0 Å². The Balaban J connectivity index is 1.73. The van der Waals surface area contributed by atoms with E-state index in [9.17, 15) is 13.6 Å².